The molecule has 0 fully saturated rings. The van der Waals surface area contributed by atoms with Crippen LogP contribution in [0.25, 0.3) is 22.0 Å². The van der Waals surface area contributed by atoms with Crippen LogP contribution in [0.4, 0.5) is 11.6 Å². The number of fused-ring (bicyclic) bond motifs is 1. The van der Waals surface area contributed by atoms with Crippen LogP contribution in [0.15, 0.2) is 36.8 Å². The van der Waals surface area contributed by atoms with Gasteiger partial charge in [-0.25, -0.2) is 9.97 Å². The van der Waals surface area contributed by atoms with Crippen molar-refractivity contribution < 1.29 is 4.79 Å². The fraction of sp³-hybridized carbons (Fsp3) is 0.167. The summed E-state index contributed by atoms with van der Waals surface area (Å²) in [6.45, 7) is 3.50. The van der Waals surface area contributed by atoms with Gasteiger partial charge in [0, 0.05) is 29.5 Å². The van der Waals surface area contributed by atoms with Crippen molar-refractivity contribution in [2.45, 2.75) is 13.8 Å². The Hall–Kier alpha value is -3.53. The predicted molar refractivity (Wildman–Crippen MR) is 95.3 cm³/mol. The summed E-state index contributed by atoms with van der Waals surface area (Å²) in [5.41, 5.74) is 8.68. The van der Waals surface area contributed by atoms with Crippen LogP contribution in [0.3, 0.4) is 0 Å². The fourth-order valence-corrected chi connectivity index (χ4v) is 2.41. The number of anilines is 2. The lowest BCUT2D eigenvalue weighted by molar-refractivity contribution is -0.117. The first kappa shape index (κ1) is 16.3. The molecule has 3 rings (SSSR count). The molecule has 0 saturated heterocycles. The summed E-state index contributed by atoms with van der Waals surface area (Å²) in [5, 5.41) is 12.9. The van der Waals surface area contributed by atoms with E-state index >= 15 is 0 Å². The maximum Gasteiger partial charge on any atom is 0.242 e. The van der Waals surface area contributed by atoms with Gasteiger partial charge in [-0.1, -0.05) is 0 Å². The third-order valence-corrected chi connectivity index (χ3v) is 3.90. The van der Waals surface area contributed by atoms with Gasteiger partial charge in [0.1, 0.15) is 17.6 Å². The standard InChI is InChI=1S/C18H16N6O/c1-10-3-4-21-8-13(10)15-5-12-6-16(24-18(25)11(2)7-19)22-9-14(12)17(20)23-15/h3-6,8-9,11H,1-2H3,(H2,20,23)(H,22,24,25)/t11-/m1/s1. The molecule has 124 valence electrons. The summed E-state index contributed by atoms with van der Waals surface area (Å²) in [5.74, 6) is -0.445. The smallest absolute Gasteiger partial charge is 0.242 e. The van der Waals surface area contributed by atoms with Gasteiger partial charge >= 0.3 is 0 Å². The number of nitrogens with two attached hydrogens (primary N) is 1. The number of carbonyl (C=O) groups excluding carboxylic acids is 1. The predicted octanol–water partition coefficient (Wildman–Crippen LogP) is 2.68. The summed E-state index contributed by atoms with van der Waals surface area (Å²) < 4.78 is 0. The zero-order valence-electron chi connectivity index (χ0n) is 13.8. The number of aromatic nitrogens is 3. The molecule has 0 bridgehead atoms. The number of nitrogens with one attached hydrogen (secondary N) is 1. The van der Waals surface area contributed by atoms with Gasteiger partial charge in [0.25, 0.3) is 0 Å². The number of hydrogen-bond donors (Lipinski definition) is 2. The van der Waals surface area contributed by atoms with Crippen molar-refractivity contribution in [3.63, 3.8) is 0 Å². The molecule has 0 radical (unpaired) electrons. The molecule has 0 unspecified atom stereocenters. The van der Waals surface area contributed by atoms with E-state index < -0.39 is 11.8 Å². The first-order valence-corrected chi connectivity index (χ1v) is 7.67. The molecule has 3 N–H and O–H groups in total. The van der Waals surface area contributed by atoms with E-state index in [1.54, 1.807) is 24.7 Å². The fourth-order valence-electron chi connectivity index (χ4n) is 2.41. The van der Waals surface area contributed by atoms with Crippen molar-refractivity contribution in [2.24, 2.45) is 5.92 Å². The lowest BCUT2D eigenvalue weighted by atomic mass is 10.1. The Balaban J connectivity index is 2.05. The molecular formula is C18H16N6O. The average Bonchev–Trinajstić information content (AvgIpc) is 2.61. The van der Waals surface area contributed by atoms with Crippen LogP contribution in [-0.4, -0.2) is 20.9 Å². The number of nitrogen functional groups attached to an aromatic ring is 1. The molecule has 3 heterocycles. The second-order valence-corrected chi connectivity index (χ2v) is 5.71. The highest BCUT2D eigenvalue weighted by Crippen LogP contribution is 2.28. The van der Waals surface area contributed by atoms with Gasteiger partial charge in [0.2, 0.25) is 5.91 Å². The molecule has 25 heavy (non-hydrogen) atoms. The molecule has 0 saturated carbocycles. The quantitative estimate of drug-likeness (QED) is 0.761. The zero-order chi connectivity index (χ0) is 18.0. The number of carbonyl (C=O) groups is 1. The summed E-state index contributed by atoms with van der Waals surface area (Å²) in [4.78, 5) is 24.6. The molecule has 1 amide bonds. The van der Waals surface area contributed by atoms with Gasteiger partial charge in [0.05, 0.1) is 11.8 Å². The van der Waals surface area contributed by atoms with Crippen LogP contribution in [0.5, 0.6) is 0 Å². The van der Waals surface area contributed by atoms with Gasteiger partial charge in [-0.15, -0.1) is 0 Å². The molecule has 0 aliphatic heterocycles. The summed E-state index contributed by atoms with van der Waals surface area (Å²) >= 11 is 0. The maximum atomic E-state index is 11.9. The van der Waals surface area contributed by atoms with Gasteiger partial charge in [-0.2, -0.15) is 5.26 Å². The molecule has 0 aliphatic carbocycles. The van der Waals surface area contributed by atoms with Crippen LogP contribution >= 0.6 is 0 Å². The van der Waals surface area contributed by atoms with E-state index in [9.17, 15) is 4.79 Å². The summed E-state index contributed by atoms with van der Waals surface area (Å²) in [6.07, 6.45) is 5.02. The Morgan fingerprint density at radius 1 is 1.36 bits per heavy atom. The topological polar surface area (TPSA) is 118 Å². The van der Waals surface area contributed by atoms with Gasteiger partial charge in [-0.3, -0.25) is 9.78 Å². The number of amides is 1. The highest BCUT2D eigenvalue weighted by molar-refractivity contribution is 5.98. The second kappa shape index (κ2) is 6.53. The van der Waals surface area contributed by atoms with Gasteiger partial charge in [0.15, 0.2) is 0 Å². The molecule has 0 aliphatic rings. The van der Waals surface area contributed by atoms with Crippen molar-refractivity contribution in [2.75, 3.05) is 11.1 Å². The molecule has 0 aromatic carbocycles. The molecule has 7 nitrogen and oxygen atoms in total. The number of nitriles is 1. The van der Waals surface area contributed by atoms with E-state index in [0.717, 1.165) is 16.5 Å². The molecule has 7 heteroatoms. The first-order chi connectivity index (χ1) is 12.0. The minimum absolute atomic E-state index is 0.353. The van der Waals surface area contributed by atoms with E-state index in [0.29, 0.717) is 22.7 Å². The largest absolute Gasteiger partial charge is 0.383 e. The van der Waals surface area contributed by atoms with E-state index in [1.807, 2.05) is 25.1 Å². The number of aryl methyl sites for hydroxylation is 1. The maximum absolute atomic E-state index is 11.9. The molecule has 0 spiro atoms. The van der Waals surface area contributed by atoms with E-state index in [1.165, 1.54) is 6.92 Å². The molecule has 1 atom stereocenters. The van der Waals surface area contributed by atoms with E-state index in [4.69, 9.17) is 11.0 Å². The normalized spacial score (nSPS) is 11.7. The van der Waals surface area contributed by atoms with Crippen molar-refractivity contribution in [1.29, 1.82) is 5.26 Å². The third kappa shape index (κ3) is 3.23. The number of nitrogens with zero attached hydrogens (tertiary/aromatic N) is 4. The van der Waals surface area contributed by atoms with Crippen molar-refractivity contribution in [3.8, 4) is 17.3 Å². The first-order valence-electron chi connectivity index (χ1n) is 7.67. The highest BCUT2D eigenvalue weighted by atomic mass is 16.1. The number of hydrogen-bond acceptors (Lipinski definition) is 6. The van der Waals surface area contributed by atoms with Crippen molar-refractivity contribution >= 4 is 28.3 Å². The average molecular weight is 332 g/mol. The van der Waals surface area contributed by atoms with E-state index in [-0.39, 0.29) is 0 Å². The summed E-state index contributed by atoms with van der Waals surface area (Å²) in [7, 11) is 0. The Morgan fingerprint density at radius 2 is 2.16 bits per heavy atom. The van der Waals surface area contributed by atoms with Crippen LogP contribution in [-0.2, 0) is 4.79 Å². The molecule has 3 aromatic heterocycles. The Labute approximate surface area is 144 Å². The van der Waals surface area contributed by atoms with E-state index in [2.05, 4.69) is 20.3 Å². The van der Waals surface area contributed by atoms with Crippen LogP contribution in [0.1, 0.15) is 12.5 Å². The Bertz CT molecular complexity index is 1010. The lowest BCUT2D eigenvalue weighted by Gasteiger charge is -2.10. The zero-order valence-corrected chi connectivity index (χ0v) is 13.8. The minimum atomic E-state index is -0.756. The minimum Gasteiger partial charge on any atom is -0.383 e. The van der Waals surface area contributed by atoms with Gasteiger partial charge in [-0.05, 0) is 43.0 Å². The Morgan fingerprint density at radius 3 is 2.88 bits per heavy atom. The highest BCUT2D eigenvalue weighted by Gasteiger charge is 2.14. The van der Waals surface area contributed by atoms with Crippen molar-refractivity contribution in [1.82, 2.24) is 15.0 Å². The third-order valence-electron chi connectivity index (χ3n) is 3.90. The van der Waals surface area contributed by atoms with Crippen LogP contribution in [0, 0.1) is 24.2 Å². The number of pyridine rings is 3. The SMILES string of the molecule is Cc1ccncc1-c1cc2cc(NC(=O)[C@H](C)C#N)ncc2c(N)n1. The molecule has 3 aromatic rings. The van der Waals surface area contributed by atoms with Gasteiger partial charge < -0.3 is 11.1 Å². The van der Waals surface area contributed by atoms with Crippen molar-refractivity contribution in [3.05, 3.63) is 42.4 Å². The monoisotopic (exact) mass is 332 g/mol. The van der Waals surface area contributed by atoms with Crippen LogP contribution in [0.2, 0.25) is 0 Å². The Kier molecular flexibility index (Phi) is 4.27. The van der Waals surface area contributed by atoms with Crippen LogP contribution < -0.4 is 11.1 Å². The number of rotatable bonds is 3. The summed E-state index contributed by atoms with van der Waals surface area (Å²) in [6, 6.07) is 7.38. The lowest BCUT2D eigenvalue weighted by Crippen LogP contribution is -2.19. The molecular weight excluding hydrogens is 316 g/mol. The second-order valence-electron chi connectivity index (χ2n) is 5.71.